The quantitative estimate of drug-likeness (QED) is 0.286. The lowest BCUT2D eigenvalue weighted by molar-refractivity contribution is 0.658. The first-order chi connectivity index (χ1) is 10.8. The first-order valence-corrected chi connectivity index (χ1v) is 8.03. The van der Waals surface area contributed by atoms with E-state index in [0.29, 0.717) is 0 Å². The Morgan fingerprint density at radius 3 is 1.68 bits per heavy atom. The lowest BCUT2D eigenvalue weighted by Crippen LogP contribution is -1.78. The molecule has 0 spiro atoms. The molecular formula is C20H11FS. The number of hydrogen-bond acceptors (Lipinski definition) is 1. The molecule has 0 unspecified atom stereocenters. The average molecular weight is 302 g/mol. The number of hydrogen-bond donors (Lipinski definition) is 0. The molecule has 0 radical (unpaired) electrons. The zero-order valence-electron chi connectivity index (χ0n) is 11.6. The summed E-state index contributed by atoms with van der Waals surface area (Å²) < 4.78 is 14.5. The molecule has 0 aliphatic rings. The topological polar surface area (TPSA) is 0 Å². The van der Waals surface area contributed by atoms with Crippen molar-refractivity contribution in [3.63, 3.8) is 0 Å². The van der Waals surface area contributed by atoms with Crippen LogP contribution < -0.4 is 0 Å². The van der Waals surface area contributed by atoms with E-state index in [1.54, 1.807) is 6.07 Å². The van der Waals surface area contributed by atoms with E-state index in [0.717, 1.165) is 20.9 Å². The molecule has 0 aliphatic carbocycles. The molecular weight excluding hydrogens is 291 g/mol. The van der Waals surface area contributed by atoms with Gasteiger partial charge in [0.2, 0.25) is 0 Å². The molecule has 0 saturated carbocycles. The van der Waals surface area contributed by atoms with E-state index in [2.05, 4.69) is 60.7 Å². The molecule has 0 amide bonds. The van der Waals surface area contributed by atoms with Crippen molar-refractivity contribution in [2.45, 2.75) is 0 Å². The van der Waals surface area contributed by atoms with Gasteiger partial charge in [0.15, 0.2) is 5.13 Å². The summed E-state index contributed by atoms with van der Waals surface area (Å²) in [6.45, 7) is 0. The van der Waals surface area contributed by atoms with Gasteiger partial charge in [-0.05, 0) is 80.2 Å². The molecule has 0 bridgehead atoms. The fourth-order valence-electron chi connectivity index (χ4n) is 3.20. The van der Waals surface area contributed by atoms with Crippen molar-refractivity contribution >= 4 is 53.7 Å². The van der Waals surface area contributed by atoms with Crippen LogP contribution in [0, 0.1) is 5.13 Å². The Morgan fingerprint density at radius 1 is 0.545 bits per heavy atom. The summed E-state index contributed by atoms with van der Waals surface area (Å²) in [4.78, 5) is 0. The van der Waals surface area contributed by atoms with Crippen molar-refractivity contribution in [3.8, 4) is 0 Å². The zero-order valence-corrected chi connectivity index (χ0v) is 12.5. The molecule has 22 heavy (non-hydrogen) atoms. The van der Waals surface area contributed by atoms with Gasteiger partial charge in [-0.1, -0.05) is 24.3 Å². The summed E-state index contributed by atoms with van der Waals surface area (Å²) in [6, 6.07) is 23.0. The Bertz CT molecular complexity index is 1090. The van der Waals surface area contributed by atoms with E-state index in [1.807, 2.05) is 0 Å². The maximum Gasteiger partial charge on any atom is 0.177 e. The van der Waals surface area contributed by atoms with Gasteiger partial charge in [-0.25, -0.2) is 0 Å². The molecule has 5 rings (SSSR count). The highest BCUT2D eigenvalue weighted by molar-refractivity contribution is 7.17. The first kappa shape index (κ1) is 12.1. The van der Waals surface area contributed by atoms with Crippen LogP contribution >= 0.6 is 11.3 Å². The van der Waals surface area contributed by atoms with Crippen molar-refractivity contribution in [2.75, 3.05) is 0 Å². The molecule has 2 heteroatoms. The smallest absolute Gasteiger partial charge is 0.177 e. The lowest BCUT2D eigenvalue weighted by Gasteiger charge is -2.05. The summed E-state index contributed by atoms with van der Waals surface area (Å²) in [5.41, 5.74) is 0. The van der Waals surface area contributed by atoms with Crippen LogP contribution in [0.25, 0.3) is 42.4 Å². The Hall–Kier alpha value is -2.45. The Kier molecular flexibility index (Phi) is 2.36. The van der Waals surface area contributed by atoms with Crippen LogP contribution in [0.2, 0.25) is 0 Å². The minimum Gasteiger partial charge on any atom is -0.195 e. The van der Waals surface area contributed by atoms with Crippen LogP contribution in [0.1, 0.15) is 0 Å². The van der Waals surface area contributed by atoms with Gasteiger partial charge in [-0.2, -0.15) is 4.39 Å². The highest BCUT2D eigenvalue weighted by atomic mass is 32.1. The van der Waals surface area contributed by atoms with Crippen LogP contribution in [0.3, 0.4) is 0 Å². The first-order valence-electron chi connectivity index (χ1n) is 7.22. The zero-order chi connectivity index (χ0) is 14.7. The van der Waals surface area contributed by atoms with E-state index >= 15 is 0 Å². The Labute approximate surface area is 130 Å². The van der Waals surface area contributed by atoms with Crippen molar-refractivity contribution < 1.29 is 4.39 Å². The molecule has 5 aromatic rings. The maximum absolute atomic E-state index is 13.5. The number of rotatable bonds is 0. The van der Waals surface area contributed by atoms with Gasteiger partial charge in [0.25, 0.3) is 0 Å². The number of halogens is 1. The van der Waals surface area contributed by atoms with Gasteiger partial charge in [0.05, 0.1) is 0 Å². The molecule has 104 valence electrons. The molecule has 0 nitrogen and oxygen atoms in total. The molecule has 0 fully saturated rings. The molecule has 0 N–H and O–H groups in total. The second-order valence-corrected chi connectivity index (χ2v) is 6.72. The average Bonchev–Trinajstić information content (AvgIpc) is 2.87. The predicted octanol–water partition coefficient (Wildman–Crippen LogP) is 6.50. The third kappa shape index (κ3) is 1.74. The van der Waals surface area contributed by atoms with Crippen molar-refractivity contribution in [1.82, 2.24) is 0 Å². The predicted molar refractivity (Wildman–Crippen MR) is 94.3 cm³/mol. The van der Waals surface area contributed by atoms with Gasteiger partial charge in [0, 0.05) is 4.70 Å². The molecule has 0 aliphatic heterocycles. The van der Waals surface area contributed by atoms with Crippen molar-refractivity contribution in [2.24, 2.45) is 0 Å². The standard InChI is InChI=1S/C20H11FS/c21-20-11-18-9-16-7-14-5-12-3-1-2-4-13(12)6-15(14)8-17(16)10-19(18)22-20/h1-11H. The van der Waals surface area contributed by atoms with Gasteiger partial charge < -0.3 is 0 Å². The van der Waals surface area contributed by atoms with Gasteiger partial charge in [-0.15, -0.1) is 11.3 Å². The number of fused-ring (bicyclic) bond motifs is 4. The number of benzene rings is 4. The largest absolute Gasteiger partial charge is 0.195 e. The Balaban J connectivity index is 1.92. The normalized spacial score (nSPS) is 11.9. The molecule has 1 aromatic heterocycles. The SMILES string of the molecule is Fc1cc2cc3cc4cc5ccccc5cc4cc3cc2s1. The summed E-state index contributed by atoms with van der Waals surface area (Å²) >= 11 is 1.21. The second-order valence-electron chi connectivity index (χ2n) is 5.69. The highest BCUT2D eigenvalue weighted by Gasteiger charge is 2.05. The van der Waals surface area contributed by atoms with Gasteiger partial charge >= 0.3 is 0 Å². The lowest BCUT2D eigenvalue weighted by atomic mass is 9.99. The van der Waals surface area contributed by atoms with Crippen LogP contribution in [0.4, 0.5) is 4.39 Å². The van der Waals surface area contributed by atoms with Crippen LogP contribution in [-0.2, 0) is 0 Å². The molecule has 1 heterocycles. The molecule has 4 aromatic carbocycles. The number of thiophene rings is 1. The minimum absolute atomic E-state index is 0.124. The van der Waals surface area contributed by atoms with E-state index in [9.17, 15) is 4.39 Å². The monoisotopic (exact) mass is 302 g/mol. The minimum atomic E-state index is -0.124. The van der Waals surface area contributed by atoms with Crippen LogP contribution in [0.15, 0.2) is 66.7 Å². The Morgan fingerprint density at radius 2 is 1.05 bits per heavy atom. The molecule has 0 saturated heterocycles. The van der Waals surface area contributed by atoms with Gasteiger partial charge in [-0.3, -0.25) is 0 Å². The summed E-state index contributed by atoms with van der Waals surface area (Å²) in [7, 11) is 0. The fourth-order valence-corrected chi connectivity index (χ4v) is 4.02. The highest BCUT2D eigenvalue weighted by Crippen LogP contribution is 2.32. The van der Waals surface area contributed by atoms with Crippen molar-refractivity contribution in [1.29, 1.82) is 0 Å². The van der Waals surface area contributed by atoms with E-state index in [1.165, 1.54) is 32.9 Å². The summed E-state index contributed by atoms with van der Waals surface area (Å²) in [6.07, 6.45) is 0. The third-order valence-electron chi connectivity index (χ3n) is 4.27. The van der Waals surface area contributed by atoms with Crippen molar-refractivity contribution in [3.05, 3.63) is 71.9 Å². The third-order valence-corrected chi connectivity index (χ3v) is 5.15. The van der Waals surface area contributed by atoms with E-state index in [-0.39, 0.29) is 5.13 Å². The van der Waals surface area contributed by atoms with Crippen LogP contribution in [-0.4, -0.2) is 0 Å². The summed E-state index contributed by atoms with van der Waals surface area (Å²) in [5.74, 6) is 0. The van der Waals surface area contributed by atoms with Crippen LogP contribution in [0.5, 0.6) is 0 Å². The maximum atomic E-state index is 13.5. The van der Waals surface area contributed by atoms with E-state index in [4.69, 9.17) is 0 Å². The summed E-state index contributed by atoms with van der Waals surface area (Å²) in [5, 5.41) is 8.12. The molecule has 0 atom stereocenters. The second kappa shape index (κ2) is 4.28. The van der Waals surface area contributed by atoms with Gasteiger partial charge in [0.1, 0.15) is 0 Å². The van der Waals surface area contributed by atoms with E-state index < -0.39 is 0 Å². The fraction of sp³-hybridized carbons (Fsp3) is 0.